The summed E-state index contributed by atoms with van der Waals surface area (Å²) >= 11 is 0. The molecule has 1 aromatic heterocycles. The van der Waals surface area contributed by atoms with E-state index in [0.29, 0.717) is 18.7 Å². The van der Waals surface area contributed by atoms with Gasteiger partial charge in [-0.3, -0.25) is 4.79 Å². The fourth-order valence-electron chi connectivity index (χ4n) is 4.03. The lowest BCUT2D eigenvalue weighted by molar-refractivity contribution is 0.0705. The largest absolute Gasteiger partial charge is 0.440 e. The van der Waals surface area contributed by atoms with Gasteiger partial charge in [-0.15, -0.1) is 0 Å². The first kappa shape index (κ1) is 22.5. The second kappa shape index (κ2) is 8.33. The normalized spacial score (nSPS) is 15.9. The highest BCUT2D eigenvalue weighted by atomic mass is 32.2. The first-order valence-corrected chi connectivity index (χ1v) is 12.3. The van der Waals surface area contributed by atoms with Crippen LogP contribution in [0.4, 0.5) is 0 Å². The van der Waals surface area contributed by atoms with Gasteiger partial charge in [0.05, 0.1) is 4.90 Å². The molecule has 8 heteroatoms. The fraction of sp³-hybridized carbons (Fsp3) is 0.417. The molecule has 0 radical (unpaired) electrons. The Morgan fingerprint density at radius 2 is 1.81 bits per heavy atom. The molecule has 0 spiro atoms. The van der Waals surface area contributed by atoms with E-state index in [0.717, 1.165) is 35.4 Å². The lowest BCUT2D eigenvalue weighted by atomic mass is 9.96. The Labute approximate surface area is 188 Å². The number of rotatable bonds is 4. The number of carbonyl (C=O) groups is 1. The molecule has 1 saturated heterocycles. The topological polar surface area (TPSA) is 92.5 Å². The summed E-state index contributed by atoms with van der Waals surface area (Å²) < 4.78 is 34.0. The number of fused-ring (bicyclic) bond motifs is 1. The summed E-state index contributed by atoms with van der Waals surface area (Å²) in [4.78, 5) is 19.7. The van der Waals surface area contributed by atoms with Gasteiger partial charge in [-0.2, -0.15) is 0 Å². The average Bonchev–Trinajstić information content (AvgIpc) is 3.16. The molecule has 170 valence electrons. The van der Waals surface area contributed by atoms with Crippen molar-refractivity contribution in [3.05, 3.63) is 59.5 Å². The number of nitrogens with one attached hydrogen (secondary N) is 1. The predicted octanol–water partition coefficient (Wildman–Crippen LogP) is 4.23. The van der Waals surface area contributed by atoms with Gasteiger partial charge in [0.15, 0.2) is 11.5 Å². The summed E-state index contributed by atoms with van der Waals surface area (Å²) in [5.41, 5.74) is 2.19. The number of hydrogen-bond donors (Lipinski definition) is 1. The molecule has 1 amide bonds. The first-order valence-electron chi connectivity index (χ1n) is 10.8. The molecule has 0 aliphatic carbocycles. The molecule has 0 atom stereocenters. The van der Waals surface area contributed by atoms with Gasteiger partial charge >= 0.3 is 0 Å². The summed E-state index contributed by atoms with van der Waals surface area (Å²) in [6, 6.07) is 12.4. The zero-order valence-corrected chi connectivity index (χ0v) is 19.7. The van der Waals surface area contributed by atoms with Crippen molar-refractivity contribution >= 4 is 27.0 Å². The Hall–Kier alpha value is -2.71. The minimum Gasteiger partial charge on any atom is -0.440 e. The first-order chi connectivity index (χ1) is 15.0. The maximum absolute atomic E-state index is 13.2. The maximum Gasteiger partial charge on any atom is 0.254 e. The van der Waals surface area contributed by atoms with Crippen molar-refractivity contribution in [1.29, 1.82) is 0 Å². The molecule has 2 heterocycles. The van der Waals surface area contributed by atoms with E-state index in [4.69, 9.17) is 4.42 Å². The van der Waals surface area contributed by atoms with Crippen molar-refractivity contribution in [3.63, 3.8) is 0 Å². The van der Waals surface area contributed by atoms with Crippen LogP contribution in [0.2, 0.25) is 0 Å². The fourth-order valence-corrected chi connectivity index (χ4v) is 5.47. The van der Waals surface area contributed by atoms with Crippen molar-refractivity contribution in [1.82, 2.24) is 14.6 Å². The van der Waals surface area contributed by atoms with Crippen molar-refractivity contribution in [2.45, 2.75) is 56.9 Å². The molecule has 2 aromatic carbocycles. The molecule has 7 nitrogen and oxygen atoms in total. The van der Waals surface area contributed by atoms with Crippen LogP contribution in [0.25, 0.3) is 11.1 Å². The number of carbonyl (C=O) groups excluding carboxylic acids is 1. The number of nitrogens with zero attached hydrogens (tertiary/aromatic N) is 2. The number of aryl methyl sites for hydroxylation is 1. The smallest absolute Gasteiger partial charge is 0.254 e. The maximum atomic E-state index is 13.2. The van der Waals surface area contributed by atoms with Crippen molar-refractivity contribution in [3.8, 4) is 0 Å². The van der Waals surface area contributed by atoms with Crippen LogP contribution in [0, 0.1) is 6.92 Å². The van der Waals surface area contributed by atoms with E-state index in [1.165, 1.54) is 6.07 Å². The highest BCUT2D eigenvalue weighted by Crippen LogP contribution is 2.31. The third-order valence-corrected chi connectivity index (χ3v) is 7.39. The number of benzene rings is 2. The van der Waals surface area contributed by atoms with Gasteiger partial charge in [0.1, 0.15) is 5.52 Å². The molecule has 3 aromatic rings. The van der Waals surface area contributed by atoms with Gasteiger partial charge in [-0.1, -0.05) is 18.2 Å². The Bertz CT molecular complexity index is 1220. The van der Waals surface area contributed by atoms with Crippen molar-refractivity contribution < 1.29 is 17.6 Å². The van der Waals surface area contributed by atoms with Crippen LogP contribution in [0.3, 0.4) is 0 Å². The summed E-state index contributed by atoms with van der Waals surface area (Å²) in [5, 5.41) is 0. The number of likely N-dealkylation sites (tertiary alicyclic amines) is 1. The Kier molecular flexibility index (Phi) is 5.85. The van der Waals surface area contributed by atoms with Crippen LogP contribution in [0.5, 0.6) is 0 Å². The van der Waals surface area contributed by atoms with E-state index >= 15 is 0 Å². The molecular weight excluding hydrogens is 426 g/mol. The second-order valence-corrected chi connectivity index (χ2v) is 11.1. The molecule has 4 rings (SSSR count). The second-order valence-electron chi connectivity index (χ2n) is 9.42. The molecule has 32 heavy (non-hydrogen) atoms. The number of piperidine rings is 1. The Morgan fingerprint density at radius 1 is 1.12 bits per heavy atom. The standard InChI is InChI=1S/C24H29N3O4S/c1-16-9-10-18(32(29,30)26-24(2,3)4)15-19(16)23(28)27-13-11-17(12-14-27)22-25-20-7-5-6-8-21(20)31-22/h5-10,15,17,26H,11-14H2,1-4H3. The van der Waals surface area contributed by atoms with E-state index in [-0.39, 0.29) is 16.7 Å². The number of sulfonamides is 1. The number of oxazole rings is 1. The van der Waals surface area contributed by atoms with Crippen molar-refractivity contribution in [2.24, 2.45) is 0 Å². The van der Waals surface area contributed by atoms with E-state index in [9.17, 15) is 13.2 Å². The van der Waals surface area contributed by atoms with Crippen LogP contribution in [-0.4, -0.2) is 42.8 Å². The van der Waals surface area contributed by atoms with E-state index in [1.807, 2.05) is 31.2 Å². The van der Waals surface area contributed by atoms with Crippen molar-refractivity contribution in [2.75, 3.05) is 13.1 Å². The summed E-state index contributed by atoms with van der Waals surface area (Å²) in [6.45, 7) is 8.31. The van der Waals surface area contributed by atoms with Gasteiger partial charge < -0.3 is 9.32 Å². The molecule has 1 fully saturated rings. The van der Waals surface area contributed by atoms with Gasteiger partial charge in [-0.05, 0) is 70.4 Å². The highest BCUT2D eigenvalue weighted by Gasteiger charge is 2.29. The third-order valence-electron chi connectivity index (χ3n) is 5.63. The Morgan fingerprint density at radius 3 is 2.47 bits per heavy atom. The van der Waals surface area contributed by atoms with Crippen LogP contribution in [0.15, 0.2) is 51.8 Å². The third kappa shape index (κ3) is 4.71. The molecule has 1 N–H and O–H groups in total. The van der Waals surface area contributed by atoms with Gasteiger partial charge in [0.2, 0.25) is 10.0 Å². The van der Waals surface area contributed by atoms with Gasteiger partial charge in [-0.25, -0.2) is 18.1 Å². The number of aromatic nitrogens is 1. The van der Waals surface area contributed by atoms with E-state index < -0.39 is 15.6 Å². The molecule has 0 unspecified atom stereocenters. The predicted molar refractivity (Wildman–Crippen MR) is 123 cm³/mol. The minimum absolute atomic E-state index is 0.0998. The summed E-state index contributed by atoms with van der Waals surface area (Å²) in [5.74, 6) is 0.734. The SMILES string of the molecule is Cc1ccc(S(=O)(=O)NC(C)(C)C)cc1C(=O)N1CCC(c2nc3ccccc3o2)CC1. The summed E-state index contributed by atoms with van der Waals surface area (Å²) in [6.07, 6.45) is 1.50. The number of para-hydroxylation sites is 2. The Balaban J connectivity index is 1.49. The molecule has 1 aliphatic heterocycles. The van der Waals surface area contributed by atoms with Crippen LogP contribution >= 0.6 is 0 Å². The zero-order valence-electron chi connectivity index (χ0n) is 18.9. The molecule has 1 aliphatic rings. The molecule has 0 saturated carbocycles. The van der Waals surface area contributed by atoms with Crippen LogP contribution in [0.1, 0.15) is 61.3 Å². The zero-order chi connectivity index (χ0) is 23.1. The minimum atomic E-state index is -3.72. The lowest BCUT2D eigenvalue weighted by Gasteiger charge is -2.31. The van der Waals surface area contributed by atoms with E-state index in [2.05, 4.69) is 9.71 Å². The molecular formula is C24H29N3O4S. The molecule has 0 bridgehead atoms. The lowest BCUT2D eigenvalue weighted by Crippen LogP contribution is -2.41. The van der Waals surface area contributed by atoms with Gasteiger partial charge in [0, 0.05) is 30.1 Å². The quantitative estimate of drug-likeness (QED) is 0.635. The van der Waals surface area contributed by atoms with E-state index in [1.54, 1.807) is 37.8 Å². The van der Waals surface area contributed by atoms with Gasteiger partial charge in [0.25, 0.3) is 5.91 Å². The highest BCUT2D eigenvalue weighted by molar-refractivity contribution is 7.89. The van der Waals surface area contributed by atoms with Crippen LogP contribution < -0.4 is 4.72 Å². The average molecular weight is 456 g/mol. The number of amides is 1. The number of hydrogen-bond acceptors (Lipinski definition) is 5. The monoisotopic (exact) mass is 455 g/mol. The van der Waals surface area contributed by atoms with Crippen LogP contribution in [-0.2, 0) is 10.0 Å². The summed E-state index contributed by atoms with van der Waals surface area (Å²) in [7, 11) is -3.72.